The average molecular weight is 213 g/mol. The van der Waals surface area contributed by atoms with Gasteiger partial charge in [-0.05, 0) is 12.8 Å². The van der Waals surface area contributed by atoms with Crippen molar-refractivity contribution in [2.45, 2.75) is 31.6 Å². The van der Waals surface area contributed by atoms with Gasteiger partial charge in [0.25, 0.3) is 0 Å². The van der Waals surface area contributed by atoms with Crippen LogP contribution in [-0.4, -0.2) is 4.98 Å². The number of halogens is 1. The van der Waals surface area contributed by atoms with Gasteiger partial charge in [-0.15, -0.1) is 11.3 Å². The van der Waals surface area contributed by atoms with E-state index in [1.807, 2.05) is 6.07 Å². The van der Waals surface area contributed by atoms with Crippen LogP contribution in [0.25, 0.3) is 0 Å². The van der Waals surface area contributed by atoms with Crippen molar-refractivity contribution in [3.8, 4) is 6.07 Å². The number of hydrogen-bond donors (Lipinski definition) is 0. The third-order valence-corrected chi connectivity index (χ3v) is 3.83. The van der Waals surface area contributed by atoms with Gasteiger partial charge in [-0.1, -0.05) is 24.4 Å². The van der Waals surface area contributed by atoms with E-state index in [-0.39, 0.29) is 0 Å². The van der Waals surface area contributed by atoms with Gasteiger partial charge in [0.15, 0.2) is 5.69 Å². The molecule has 0 saturated heterocycles. The maximum atomic E-state index is 8.68. The van der Waals surface area contributed by atoms with Gasteiger partial charge in [-0.2, -0.15) is 5.26 Å². The summed E-state index contributed by atoms with van der Waals surface area (Å²) in [5, 5.41) is 9.74. The van der Waals surface area contributed by atoms with E-state index in [0.29, 0.717) is 15.9 Å². The van der Waals surface area contributed by atoms with Crippen LogP contribution in [-0.2, 0) is 0 Å². The van der Waals surface area contributed by atoms with Crippen LogP contribution in [0.4, 0.5) is 0 Å². The summed E-state index contributed by atoms with van der Waals surface area (Å²) in [6.45, 7) is 0. The van der Waals surface area contributed by atoms with E-state index in [4.69, 9.17) is 16.9 Å². The summed E-state index contributed by atoms with van der Waals surface area (Å²) < 4.78 is 0.546. The molecule has 0 spiro atoms. The topological polar surface area (TPSA) is 36.7 Å². The Kier molecular flexibility index (Phi) is 2.52. The van der Waals surface area contributed by atoms with Gasteiger partial charge in [0.05, 0.1) is 5.01 Å². The molecular formula is C9H9ClN2S. The first-order valence-electron chi connectivity index (χ1n) is 4.37. The molecule has 1 fully saturated rings. The first-order valence-corrected chi connectivity index (χ1v) is 5.57. The van der Waals surface area contributed by atoms with E-state index < -0.39 is 0 Å². The zero-order chi connectivity index (χ0) is 9.26. The van der Waals surface area contributed by atoms with Gasteiger partial charge in [0.2, 0.25) is 0 Å². The molecule has 0 aliphatic heterocycles. The number of nitrogens with zero attached hydrogens (tertiary/aromatic N) is 2. The number of aromatic nitrogens is 1. The Hall–Kier alpha value is -0.590. The second-order valence-electron chi connectivity index (χ2n) is 3.27. The smallest absolute Gasteiger partial charge is 0.170 e. The minimum atomic E-state index is 0.397. The third kappa shape index (κ3) is 1.70. The molecule has 1 heterocycles. The Labute approximate surface area is 86.2 Å². The lowest BCUT2D eigenvalue weighted by Gasteiger charge is -2.01. The van der Waals surface area contributed by atoms with E-state index >= 15 is 0 Å². The largest absolute Gasteiger partial charge is 0.229 e. The van der Waals surface area contributed by atoms with Gasteiger partial charge in [0.1, 0.15) is 10.4 Å². The molecule has 1 aromatic rings. The monoisotopic (exact) mass is 212 g/mol. The van der Waals surface area contributed by atoms with Gasteiger partial charge in [0, 0.05) is 5.92 Å². The molecule has 0 bridgehead atoms. The summed E-state index contributed by atoms with van der Waals surface area (Å²) in [5.74, 6) is 0.560. The molecule has 0 aromatic carbocycles. The normalized spacial score (nSPS) is 17.5. The van der Waals surface area contributed by atoms with Crippen molar-refractivity contribution in [1.29, 1.82) is 5.26 Å². The zero-order valence-corrected chi connectivity index (χ0v) is 8.66. The molecule has 13 heavy (non-hydrogen) atoms. The van der Waals surface area contributed by atoms with Crippen LogP contribution < -0.4 is 0 Å². The Morgan fingerprint density at radius 2 is 2.15 bits per heavy atom. The lowest BCUT2D eigenvalue weighted by molar-refractivity contribution is 0.715. The molecule has 0 unspecified atom stereocenters. The molecule has 0 amide bonds. The summed E-state index contributed by atoms with van der Waals surface area (Å²) in [6, 6.07) is 2.01. The van der Waals surface area contributed by atoms with Gasteiger partial charge in [-0.25, -0.2) is 4.98 Å². The lowest BCUT2D eigenvalue weighted by Crippen LogP contribution is -1.90. The fourth-order valence-electron chi connectivity index (χ4n) is 1.73. The first kappa shape index (κ1) is 8.98. The Balaban J connectivity index is 2.26. The van der Waals surface area contributed by atoms with Crippen LogP contribution in [0.3, 0.4) is 0 Å². The van der Waals surface area contributed by atoms with E-state index in [2.05, 4.69) is 4.98 Å². The maximum Gasteiger partial charge on any atom is 0.170 e. The van der Waals surface area contributed by atoms with Crippen LogP contribution in [0.2, 0.25) is 4.34 Å². The minimum Gasteiger partial charge on any atom is -0.229 e. The van der Waals surface area contributed by atoms with Crippen LogP contribution >= 0.6 is 22.9 Å². The molecule has 1 aliphatic rings. The Bertz CT molecular complexity index is 347. The fourth-order valence-corrected chi connectivity index (χ4v) is 2.97. The maximum absolute atomic E-state index is 8.68. The van der Waals surface area contributed by atoms with Crippen molar-refractivity contribution in [3.63, 3.8) is 0 Å². The molecule has 68 valence electrons. The van der Waals surface area contributed by atoms with Crippen molar-refractivity contribution < 1.29 is 0 Å². The quantitative estimate of drug-likeness (QED) is 0.716. The molecule has 1 saturated carbocycles. The van der Waals surface area contributed by atoms with Crippen molar-refractivity contribution in [1.82, 2.24) is 4.98 Å². The number of nitriles is 1. The van der Waals surface area contributed by atoms with Crippen molar-refractivity contribution in [2.75, 3.05) is 0 Å². The fraction of sp³-hybridized carbons (Fsp3) is 0.556. The number of hydrogen-bond acceptors (Lipinski definition) is 3. The van der Waals surface area contributed by atoms with Crippen molar-refractivity contribution >= 4 is 22.9 Å². The molecule has 2 rings (SSSR count). The molecule has 0 radical (unpaired) electrons. The zero-order valence-electron chi connectivity index (χ0n) is 7.09. The highest BCUT2D eigenvalue weighted by Gasteiger charge is 2.21. The SMILES string of the molecule is N#Cc1nc(C2CCCC2)sc1Cl. The number of thiazole rings is 1. The van der Waals surface area contributed by atoms with Crippen molar-refractivity contribution in [3.05, 3.63) is 15.0 Å². The van der Waals surface area contributed by atoms with E-state index in [9.17, 15) is 0 Å². The van der Waals surface area contributed by atoms with E-state index in [1.54, 1.807) is 0 Å². The second-order valence-corrected chi connectivity index (χ2v) is 4.90. The van der Waals surface area contributed by atoms with Gasteiger partial charge < -0.3 is 0 Å². The summed E-state index contributed by atoms with van der Waals surface area (Å²) in [7, 11) is 0. The highest BCUT2D eigenvalue weighted by atomic mass is 35.5. The second kappa shape index (κ2) is 3.65. The summed E-state index contributed by atoms with van der Waals surface area (Å²) in [5.41, 5.74) is 0.397. The van der Waals surface area contributed by atoms with Crippen molar-refractivity contribution in [2.24, 2.45) is 0 Å². The number of rotatable bonds is 1. The third-order valence-electron chi connectivity index (χ3n) is 2.41. The molecular weight excluding hydrogens is 204 g/mol. The first-order chi connectivity index (χ1) is 6.31. The molecule has 0 N–H and O–H groups in total. The van der Waals surface area contributed by atoms with Crippen LogP contribution in [0.15, 0.2) is 0 Å². The van der Waals surface area contributed by atoms with Crippen LogP contribution in [0, 0.1) is 11.3 Å². The average Bonchev–Trinajstić information content (AvgIpc) is 2.71. The van der Waals surface area contributed by atoms with Gasteiger partial charge >= 0.3 is 0 Å². The predicted molar refractivity (Wildman–Crippen MR) is 53.0 cm³/mol. The van der Waals surface area contributed by atoms with Crippen LogP contribution in [0.5, 0.6) is 0 Å². The molecule has 2 nitrogen and oxygen atoms in total. The highest BCUT2D eigenvalue weighted by Crippen LogP contribution is 2.38. The summed E-state index contributed by atoms with van der Waals surface area (Å²) in [4.78, 5) is 4.24. The predicted octanol–water partition coefficient (Wildman–Crippen LogP) is 3.33. The van der Waals surface area contributed by atoms with Crippen LogP contribution in [0.1, 0.15) is 42.3 Å². The lowest BCUT2D eigenvalue weighted by atomic mass is 10.1. The van der Waals surface area contributed by atoms with E-state index in [0.717, 1.165) is 5.01 Å². The highest BCUT2D eigenvalue weighted by molar-refractivity contribution is 7.16. The molecule has 4 heteroatoms. The standard InChI is InChI=1S/C9H9ClN2S/c10-8-7(5-11)12-9(13-8)6-3-1-2-4-6/h6H,1-4H2. The van der Waals surface area contributed by atoms with E-state index in [1.165, 1.54) is 37.0 Å². The summed E-state index contributed by atoms with van der Waals surface area (Å²) >= 11 is 7.33. The minimum absolute atomic E-state index is 0.397. The summed E-state index contributed by atoms with van der Waals surface area (Å²) in [6.07, 6.45) is 4.97. The molecule has 1 aliphatic carbocycles. The molecule has 1 aromatic heterocycles. The molecule has 0 atom stereocenters. The van der Waals surface area contributed by atoms with Gasteiger partial charge in [-0.3, -0.25) is 0 Å². The Morgan fingerprint density at radius 1 is 1.46 bits per heavy atom. The Morgan fingerprint density at radius 3 is 2.69 bits per heavy atom.